The molecule has 0 radical (unpaired) electrons. The summed E-state index contributed by atoms with van der Waals surface area (Å²) >= 11 is 0. The van der Waals surface area contributed by atoms with Gasteiger partial charge in [0.15, 0.2) is 0 Å². The molecule has 1 atom stereocenters. The monoisotopic (exact) mass is 454 g/mol. The van der Waals surface area contributed by atoms with Crippen LogP contribution in [0.1, 0.15) is 35.6 Å². The van der Waals surface area contributed by atoms with E-state index in [4.69, 9.17) is 14.4 Å². The average Bonchev–Trinajstić information content (AvgIpc) is 3.35. The summed E-state index contributed by atoms with van der Waals surface area (Å²) < 4.78 is 37.0. The van der Waals surface area contributed by atoms with Gasteiger partial charge in [0, 0.05) is 43.2 Å². The SMILES string of the molecule is Cc1noc(C)c1CN1CC2(CCN(Cc3ccccn3)C2)CC1=O.O=C(O)C(F)(F)F. The number of hydrogen-bond acceptors (Lipinski definition) is 6. The molecule has 2 fully saturated rings. The number of carboxylic acid groups (broad SMARTS) is 1. The van der Waals surface area contributed by atoms with E-state index in [9.17, 15) is 18.0 Å². The maximum atomic E-state index is 12.6. The highest BCUT2D eigenvalue weighted by molar-refractivity contribution is 5.79. The van der Waals surface area contributed by atoms with Gasteiger partial charge in [0.2, 0.25) is 5.91 Å². The Labute approximate surface area is 183 Å². The maximum absolute atomic E-state index is 12.6. The molecule has 1 unspecified atom stereocenters. The number of alkyl halides is 3. The number of rotatable bonds is 4. The van der Waals surface area contributed by atoms with Crippen LogP contribution in [0.4, 0.5) is 13.2 Å². The fourth-order valence-corrected chi connectivity index (χ4v) is 4.20. The van der Waals surface area contributed by atoms with Gasteiger partial charge in [0.05, 0.1) is 17.9 Å². The molecule has 32 heavy (non-hydrogen) atoms. The lowest BCUT2D eigenvalue weighted by atomic mass is 9.86. The van der Waals surface area contributed by atoms with E-state index in [-0.39, 0.29) is 11.3 Å². The molecule has 4 heterocycles. The van der Waals surface area contributed by atoms with Gasteiger partial charge in [0.1, 0.15) is 5.76 Å². The summed E-state index contributed by atoms with van der Waals surface area (Å²) in [6.07, 6.45) is -1.52. The first-order valence-electron chi connectivity index (χ1n) is 10.1. The van der Waals surface area contributed by atoms with Crippen molar-refractivity contribution < 1.29 is 32.4 Å². The van der Waals surface area contributed by atoms with Crippen LogP contribution in [-0.4, -0.2) is 62.7 Å². The van der Waals surface area contributed by atoms with E-state index in [0.29, 0.717) is 13.0 Å². The summed E-state index contributed by atoms with van der Waals surface area (Å²) in [4.78, 5) is 30.3. The van der Waals surface area contributed by atoms with Crippen LogP contribution in [-0.2, 0) is 22.7 Å². The largest absolute Gasteiger partial charge is 0.490 e. The fourth-order valence-electron chi connectivity index (χ4n) is 4.20. The van der Waals surface area contributed by atoms with Gasteiger partial charge >= 0.3 is 12.1 Å². The summed E-state index contributed by atoms with van der Waals surface area (Å²) in [6.45, 7) is 8.15. The Morgan fingerprint density at radius 2 is 1.97 bits per heavy atom. The number of halogens is 3. The van der Waals surface area contributed by atoms with E-state index in [0.717, 1.165) is 55.3 Å². The third kappa shape index (κ3) is 5.64. The van der Waals surface area contributed by atoms with Gasteiger partial charge in [-0.1, -0.05) is 11.2 Å². The van der Waals surface area contributed by atoms with Gasteiger partial charge in [-0.05, 0) is 38.9 Å². The van der Waals surface area contributed by atoms with Crippen molar-refractivity contribution in [1.82, 2.24) is 19.9 Å². The number of aromatic nitrogens is 2. The van der Waals surface area contributed by atoms with E-state index in [1.54, 1.807) is 0 Å². The fraction of sp³-hybridized carbons (Fsp3) is 0.524. The molecule has 2 aliphatic heterocycles. The Kier molecular flexibility index (Phi) is 6.87. The first-order chi connectivity index (χ1) is 15.0. The Balaban J connectivity index is 0.000000360. The second-order valence-corrected chi connectivity index (χ2v) is 8.31. The first-order valence-corrected chi connectivity index (χ1v) is 10.1. The summed E-state index contributed by atoms with van der Waals surface area (Å²) in [7, 11) is 0. The van der Waals surface area contributed by atoms with Gasteiger partial charge in [-0.2, -0.15) is 13.2 Å². The van der Waals surface area contributed by atoms with Crippen molar-refractivity contribution in [2.24, 2.45) is 5.41 Å². The zero-order valence-corrected chi connectivity index (χ0v) is 17.9. The molecule has 174 valence electrons. The Morgan fingerprint density at radius 3 is 2.53 bits per heavy atom. The molecule has 2 aliphatic rings. The normalized spacial score (nSPS) is 21.2. The predicted octanol–water partition coefficient (Wildman–Crippen LogP) is 2.94. The van der Waals surface area contributed by atoms with Crippen molar-refractivity contribution >= 4 is 11.9 Å². The van der Waals surface area contributed by atoms with Gasteiger partial charge in [-0.3, -0.25) is 14.7 Å². The van der Waals surface area contributed by atoms with Crippen LogP contribution in [0.25, 0.3) is 0 Å². The van der Waals surface area contributed by atoms with Crippen molar-refractivity contribution in [2.45, 2.75) is 46.0 Å². The summed E-state index contributed by atoms with van der Waals surface area (Å²) in [6, 6.07) is 6.03. The smallest absolute Gasteiger partial charge is 0.475 e. The lowest BCUT2D eigenvalue weighted by molar-refractivity contribution is -0.192. The van der Waals surface area contributed by atoms with Crippen LogP contribution in [0.15, 0.2) is 28.9 Å². The van der Waals surface area contributed by atoms with Crippen LogP contribution in [0.3, 0.4) is 0 Å². The molecule has 0 saturated carbocycles. The van der Waals surface area contributed by atoms with Crippen molar-refractivity contribution in [3.05, 3.63) is 47.1 Å². The maximum Gasteiger partial charge on any atom is 0.490 e. The number of carbonyl (C=O) groups excluding carboxylic acids is 1. The minimum absolute atomic E-state index is 0.0881. The second-order valence-electron chi connectivity index (χ2n) is 8.31. The highest BCUT2D eigenvalue weighted by Crippen LogP contribution is 2.41. The lowest BCUT2D eigenvalue weighted by Gasteiger charge is -2.24. The van der Waals surface area contributed by atoms with Gasteiger partial charge in [-0.25, -0.2) is 4.79 Å². The van der Waals surface area contributed by atoms with Crippen LogP contribution in [0.2, 0.25) is 0 Å². The molecule has 1 amide bonds. The van der Waals surface area contributed by atoms with Crippen LogP contribution in [0, 0.1) is 19.3 Å². The molecule has 2 aromatic heterocycles. The number of carboxylic acids is 1. The summed E-state index contributed by atoms with van der Waals surface area (Å²) in [5.41, 5.74) is 3.12. The number of pyridine rings is 1. The molecule has 11 heteroatoms. The van der Waals surface area contributed by atoms with E-state index in [2.05, 4.69) is 21.1 Å². The van der Waals surface area contributed by atoms with Crippen molar-refractivity contribution in [3.8, 4) is 0 Å². The lowest BCUT2D eigenvalue weighted by Crippen LogP contribution is -2.31. The molecule has 0 bridgehead atoms. The third-order valence-corrected chi connectivity index (χ3v) is 5.81. The molecular formula is C21H25F3N4O4. The molecule has 0 aromatic carbocycles. The van der Waals surface area contributed by atoms with Crippen molar-refractivity contribution in [3.63, 3.8) is 0 Å². The molecule has 1 N–H and O–H groups in total. The molecule has 4 rings (SSSR count). The van der Waals surface area contributed by atoms with E-state index in [1.807, 2.05) is 37.1 Å². The number of likely N-dealkylation sites (tertiary alicyclic amines) is 2. The number of aliphatic carboxylic acids is 1. The zero-order valence-electron chi connectivity index (χ0n) is 17.9. The first kappa shape index (κ1) is 23.7. The predicted molar refractivity (Wildman–Crippen MR) is 106 cm³/mol. The quantitative estimate of drug-likeness (QED) is 0.758. The Morgan fingerprint density at radius 1 is 1.25 bits per heavy atom. The average molecular weight is 454 g/mol. The van der Waals surface area contributed by atoms with Crippen LogP contribution < -0.4 is 0 Å². The molecule has 8 nitrogen and oxygen atoms in total. The molecule has 2 aromatic rings. The number of carbonyl (C=O) groups is 2. The Hall–Kier alpha value is -2.95. The molecule has 2 saturated heterocycles. The number of hydrogen-bond donors (Lipinski definition) is 1. The van der Waals surface area contributed by atoms with Gasteiger partial charge < -0.3 is 14.5 Å². The van der Waals surface area contributed by atoms with Gasteiger partial charge in [0.25, 0.3) is 0 Å². The molecule has 1 spiro atoms. The van der Waals surface area contributed by atoms with Crippen LogP contribution in [0.5, 0.6) is 0 Å². The Bertz CT molecular complexity index is 944. The minimum Gasteiger partial charge on any atom is -0.475 e. The third-order valence-electron chi connectivity index (χ3n) is 5.81. The van der Waals surface area contributed by atoms with E-state index < -0.39 is 12.1 Å². The number of nitrogens with zero attached hydrogens (tertiary/aromatic N) is 4. The summed E-state index contributed by atoms with van der Waals surface area (Å²) in [5.74, 6) is -1.69. The minimum atomic E-state index is -5.08. The van der Waals surface area contributed by atoms with Gasteiger partial charge in [-0.15, -0.1) is 0 Å². The zero-order chi connectivity index (χ0) is 23.5. The number of amides is 1. The van der Waals surface area contributed by atoms with Crippen molar-refractivity contribution in [1.29, 1.82) is 0 Å². The van der Waals surface area contributed by atoms with Crippen LogP contribution >= 0.6 is 0 Å². The topological polar surface area (TPSA) is 99.8 Å². The number of aryl methyl sites for hydroxylation is 2. The van der Waals surface area contributed by atoms with E-state index in [1.165, 1.54) is 0 Å². The van der Waals surface area contributed by atoms with Crippen molar-refractivity contribution in [2.75, 3.05) is 19.6 Å². The highest BCUT2D eigenvalue weighted by atomic mass is 19.4. The molecule has 0 aliphatic carbocycles. The standard InChI is InChI=1S/C19H24N4O2.C2HF3O2/c1-14-17(15(2)25-21-14)11-23-13-19(9-18(23)24)6-8-22(12-19)10-16-5-3-4-7-20-16;3-2(4,5)1(6)7/h3-5,7H,6,8-13H2,1-2H3;(H,6,7). The summed E-state index contributed by atoms with van der Waals surface area (Å²) in [5, 5.41) is 11.1. The second kappa shape index (κ2) is 9.27. The van der Waals surface area contributed by atoms with E-state index >= 15 is 0 Å². The highest BCUT2D eigenvalue weighted by Gasteiger charge is 2.47. The molecular weight excluding hydrogens is 429 g/mol.